The van der Waals surface area contributed by atoms with E-state index >= 15 is 0 Å². The number of rotatable bonds is 10. The lowest BCUT2D eigenvalue weighted by Gasteiger charge is -2.31. The number of aryl methyl sites for hydroxylation is 2. The molecular formula is C36H46N4O2. The van der Waals surface area contributed by atoms with Gasteiger partial charge in [-0.1, -0.05) is 73.2 Å². The third-order valence-corrected chi connectivity index (χ3v) is 9.06. The second-order valence-electron chi connectivity index (χ2n) is 12.1. The second-order valence-corrected chi connectivity index (χ2v) is 12.1. The Labute approximate surface area is 251 Å². The Bertz CT molecular complexity index is 1270. The molecule has 3 aromatic carbocycles. The van der Waals surface area contributed by atoms with Crippen molar-refractivity contribution in [2.75, 3.05) is 39.3 Å². The Morgan fingerprint density at radius 2 is 1.55 bits per heavy atom. The average Bonchev–Trinajstić information content (AvgIpc) is 3.18. The summed E-state index contributed by atoms with van der Waals surface area (Å²) in [7, 11) is 0. The Balaban J connectivity index is 1.31. The number of benzene rings is 3. The molecule has 0 saturated carbocycles. The third kappa shape index (κ3) is 7.87. The summed E-state index contributed by atoms with van der Waals surface area (Å²) in [5, 5.41) is 6.83. The summed E-state index contributed by atoms with van der Waals surface area (Å²) in [4.78, 5) is 31.7. The van der Waals surface area contributed by atoms with E-state index in [-0.39, 0.29) is 29.8 Å². The first-order valence-electron chi connectivity index (χ1n) is 15.7. The van der Waals surface area contributed by atoms with Crippen molar-refractivity contribution in [1.29, 1.82) is 0 Å². The average molecular weight is 567 g/mol. The fourth-order valence-electron chi connectivity index (χ4n) is 6.32. The summed E-state index contributed by atoms with van der Waals surface area (Å²) in [5.41, 5.74) is 5.41. The van der Waals surface area contributed by atoms with Crippen molar-refractivity contribution in [1.82, 2.24) is 20.4 Å². The summed E-state index contributed by atoms with van der Waals surface area (Å²) in [6, 6.07) is 26.6. The summed E-state index contributed by atoms with van der Waals surface area (Å²) in [6.07, 6.45) is 5.34. The first kappa shape index (κ1) is 30.0. The molecule has 2 amide bonds. The van der Waals surface area contributed by atoms with Gasteiger partial charge in [0.05, 0.1) is 6.04 Å². The van der Waals surface area contributed by atoms with Crippen molar-refractivity contribution in [2.24, 2.45) is 0 Å². The highest BCUT2D eigenvalue weighted by atomic mass is 16.2. The molecule has 3 aromatic rings. The zero-order chi connectivity index (χ0) is 29.3. The predicted octanol–water partition coefficient (Wildman–Crippen LogP) is 5.30. The Kier molecular flexibility index (Phi) is 10.4. The van der Waals surface area contributed by atoms with E-state index in [0.29, 0.717) is 25.2 Å². The van der Waals surface area contributed by atoms with Gasteiger partial charge in [0, 0.05) is 43.7 Å². The van der Waals surface area contributed by atoms with E-state index in [1.165, 1.54) is 36.0 Å². The van der Waals surface area contributed by atoms with Gasteiger partial charge in [-0.05, 0) is 87.0 Å². The Morgan fingerprint density at radius 1 is 0.881 bits per heavy atom. The molecule has 2 heterocycles. The van der Waals surface area contributed by atoms with Crippen LogP contribution in [-0.2, 0) is 4.79 Å². The van der Waals surface area contributed by atoms with Crippen molar-refractivity contribution in [3.8, 4) is 0 Å². The number of carbonyl (C=O) groups is 2. The van der Waals surface area contributed by atoms with Gasteiger partial charge in [-0.3, -0.25) is 9.59 Å². The largest absolute Gasteiger partial charge is 0.350 e. The van der Waals surface area contributed by atoms with Gasteiger partial charge in [-0.25, -0.2) is 0 Å². The topological polar surface area (TPSA) is 64.7 Å². The molecular weight excluding hydrogens is 520 g/mol. The number of hydrogen-bond acceptors (Lipinski definition) is 4. The first-order chi connectivity index (χ1) is 20.5. The quantitative estimate of drug-likeness (QED) is 0.350. The molecule has 2 unspecified atom stereocenters. The van der Waals surface area contributed by atoms with Crippen LogP contribution in [0.5, 0.6) is 0 Å². The number of likely N-dealkylation sites (tertiary alicyclic amines) is 1. The van der Waals surface area contributed by atoms with Gasteiger partial charge < -0.3 is 20.4 Å². The molecule has 2 aliphatic heterocycles. The maximum Gasteiger partial charge on any atom is 0.251 e. The van der Waals surface area contributed by atoms with E-state index in [4.69, 9.17) is 0 Å². The summed E-state index contributed by atoms with van der Waals surface area (Å²) < 4.78 is 0. The third-order valence-electron chi connectivity index (χ3n) is 9.06. The molecule has 6 heteroatoms. The van der Waals surface area contributed by atoms with E-state index in [1.54, 1.807) is 0 Å². The van der Waals surface area contributed by atoms with Gasteiger partial charge in [0.2, 0.25) is 5.91 Å². The van der Waals surface area contributed by atoms with E-state index < -0.39 is 0 Å². The van der Waals surface area contributed by atoms with Crippen LogP contribution in [0.1, 0.15) is 70.6 Å². The molecule has 222 valence electrons. The van der Waals surface area contributed by atoms with Gasteiger partial charge in [0.25, 0.3) is 5.91 Å². The normalized spacial score (nSPS) is 20.0. The standard InChI is InChI=1S/C36H46N4O2/c1-27-16-17-31(24-28(27)2)35(41)37-25-32-18-23-40(36(42)34(38-32)19-22-39-20-10-5-11-21-39)26-33(29-12-6-3-7-13-29)30-14-8-4-9-15-30/h3-4,6-9,12-17,24,32-34,38H,5,10-11,18-23,25-26H2,1-2H3,(H,37,41). The van der Waals surface area contributed by atoms with Crippen molar-refractivity contribution < 1.29 is 9.59 Å². The zero-order valence-corrected chi connectivity index (χ0v) is 25.2. The molecule has 0 aromatic heterocycles. The van der Waals surface area contributed by atoms with Crippen LogP contribution in [0, 0.1) is 13.8 Å². The van der Waals surface area contributed by atoms with Crippen LogP contribution in [0.3, 0.4) is 0 Å². The number of amides is 2. The minimum Gasteiger partial charge on any atom is -0.350 e. The van der Waals surface area contributed by atoms with Gasteiger partial charge in [0.1, 0.15) is 0 Å². The van der Waals surface area contributed by atoms with Crippen LogP contribution >= 0.6 is 0 Å². The number of nitrogens with one attached hydrogen (secondary N) is 2. The molecule has 2 fully saturated rings. The Morgan fingerprint density at radius 3 is 2.19 bits per heavy atom. The molecule has 0 aliphatic carbocycles. The lowest BCUT2D eigenvalue weighted by Crippen LogP contribution is -2.50. The van der Waals surface area contributed by atoms with Crippen LogP contribution in [0.25, 0.3) is 0 Å². The molecule has 0 bridgehead atoms. The fraction of sp³-hybridized carbons (Fsp3) is 0.444. The molecule has 5 rings (SSSR count). The van der Waals surface area contributed by atoms with Crippen LogP contribution in [-0.4, -0.2) is 73.0 Å². The minimum atomic E-state index is -0.273. The van der Waals surface area contributed by atoms with Gasteiger partial charge >= 0.3 is 0 Å². The number of piperidine rings is 1. The highest BCUT2D eigenvalue weighted by Gasteiger charge is 2.33. The lowest BCUT2D eigenvalue weighted by molar-refractivity contribution is -0.133. The summed E-state index contributed by atoms with van der Waals surface area (Å²) in [5.74, 6) is 0.206. The highest BCUT2D eigenvalue weighted by molar-refractivity contribution is 5.94. The maximum atomic E-state index is 14.1. The predicted molar refractivity (Wildman–Crippen MR) is 170 cm³/mol. The van der Waals surface area contributed by atoms with E-state index in [1.807, 2.05) is 37.3 Å². The molecule has 6 nitrogen and oxygen atoms in total. The lowest BCUT2D eigenvalue weighted by atomic mass is 9.90. The van der Waals surface area contributed by atoms with Gasteiger partial charge in [-0.2, -0.15) is 0 Å². The van der Waals surface area contributed by atoms with Gasteiger partial charge in [-0.15, -0.1) is 0 Å². The second kappa shape index (κ2) is 14.6. The first-order valence-corrected chi connectivity index (χ1v) is 15.7. The summed E-state index contributed by atoms with van der Waals surface area (Å²) in [6.45, 7) is 9.02. The minimum absolute atomic E-state index is 0.0210. The van der Waals surface area contributed by atoms with E-state index in [0.717, 1.165) is 38.0 Å². The number of nitrogens with zero attached hydrogens (tertiary/aromatic N) is 2. The van der Waals surface area contributed by atoms with Crippen molar-refractivity contribution >= 4 is 11.8 Å². The molecule has 2 atom stereocenters. The number of hydrogen-bond donors (Lipinski definition) is 2. The van der Waals surface area contributed by atoms with Crippen molar-refractivity contribution in [3.63, 3.8) is 0 Å². The maximum absolute atomic E-state index is 14.1. The van der Waals surface area contributed by atoms with Crippen LogP contribution in [0.15, 0.2) is 78.9 Å². The van der Waals surface area contributed by atoms with Crippen molar-refractivity contribution in [2.45, 2.75) is 64.0 Å². The molecule has 2 saturated heterocycles. The van der Waals surface area contributed by atoms with Crippen molar-refractivity contribution in [3.05, 3.63) is 107 Å². The summed E-state index contributed by atoms with van der Waals surface area (Å²) >= 11 is 0. The van der Waals surface area contributed by atoms with Crippen LogP contribution < -0.4 is 10.6 Å². The van der Waals surface area contributed by atoms with E-state index in [2.05, 4.69) is 75.9 Å². The smallest absolute Gasteiger partial charge is 0.251 e. The molecule has 0 spiro atoms. The molecule has 0 radical (unpaired) electrons. The zero-order valence-electron chi connectivity index (χ0n) is 25.2. The number of carbonyl (C=O) groups excluding carboxylic acids is 2. The molecule has 2 aliphatic rings. The van der Waals surface area contributed by atoms with Crippen LogP contribution in [0.2, 0.25) is 0 Å². The molecule has 42 heavy (non-hydrogen) atoms. The van der Waals surface area contributed by atoms with E-state index in [9.17, 15) is 9.59 Å². The fourth-order valence-corrected chi connectivity index (χ4v) is 6.32. The molecule has 2 N–H and O–H groups in total. The SMILES string of the molecule is Cc1ccc(C(=O)NCC2CCN(CC(c3ccccc3)c3ccccc3)C(=O)C(CCN3CCCCC3)N2)cc1C. The van der Waals surface area contributed by atoms with Gasteiger partial charge in [0.15, 0.2) is 0 Å². The van der Waals surface area contributed by atoms with Crippen LogP contribution in [0.4, 0.5) is 0 Å². The monoisotopic (exact) mass is 566 g/mol. The Hall–Kier alpha value is -3.48. The highest BCUT2D eigenvalue weighted by Crippen LogP contribution is 2.27.